The van der Waals surface area contributed by atoms with Crippen molar-refractivity contribution < 1.29 is 9.53 Å². The van der Waals surface area contributed by atoms with Gasteiger partial charge >= 0.3 is 0 Å². The Hall–Kier alpha value is -0.220. The van der Waals surface area contributed by atoms with Crippen molar-refractivity contribution >= 4 is 17.7 Å². The average molecular weight is 271 g/mol. The van der Waals surface area contributed by atoms with Crippen molar-refractivity contribution in [1.29, 1.82) is 0 Å². The Labute approximate surface area is 114 Å². The number of nitrogens with one attached hydrogen (secondary N) is 1. The molecule has 2 fully saturated rings. The lowest BCUT2D eigenvalue weighted by Gasteiger charge is -2.31. The lowest BCUT2D eigenvalue weighted by molar-refractivity contribution is -0.129. The summed E-state index contributed by atoms with van der Waals surface area (Å²) in [5, 5.41) is 3.99. The first-order valence-corrected chi connectivity index (χ1v) is 8.34. The standard InChI is InChI=1S/C14H25NO2S/c1-2-18-13-7-3-6-12(9-13)15-14(16)11-5-4-8-17-10-11/h11-13H,2-10H2,1H3,(H,15,16)/t11-,12-,13+/m0/s1. The lowest BCUT2D eigenvalue weighted by Crippen LogP contribution is -2.44. The Bertz CT molecular complexity index is 265. The van der Waals surface area contributed by atoms with E-state index in [0.29, 0.717) is 12.6 Å². The molecule has 0 aromatic rings. The Morgan fingerprint density at radius 2 is 2.22 bits per heavy atom. The molecule has 0 spiro atoms. The second-order valence-corrected chi connectivity index (χ2v) is 6.94. The van der Waals surface area contributed by atoms with Crippen LogP contribution >= 0.6 is 11.8 Å². The molecule has 1 heterocycles. The summed E-state index contributed by atoms with van der Waals surface area (Å²) >= 11 is 2.04. The van der Waals surface area contributed by atoms with Gasteiger partial charge in [-0.05, 0) is 37.9 Å². The lowest BCUT2D eigenvalue weighted by atomic mass is 9.93. The van der Waals surface area contributed by atoms with E-state index in [9.17, 15) is 4.79 Å². The van der Waals surface area contributed by atoms with E-state index >= 15 is 0 Å². The van der Waals surface area contributed by atoms with E-state index < -0.39 is 0 Å². The van der Waals surface area contributed by atoms with Crippen LogP contribution < -0.4 is 5.32 Å². The van der Waals surface area contributed by atoms with Crippen LogP contribution in [0.5, 0.6) is 0 Å². The van der Waals surface area contributed by atoms with Crippen molar-refractivity contribution in [3.05, 3.63) is 0 Å². The van der Waals surface area contributed by atoms with Crippen molar-refractivity contribution in [3.8, 4) is 0 Å². The molecule has 1 N–H and O–H groups in total. The van der Waals surface area contributed by atoms with Crippen LogP contribution in [0.3, 0.4) is 0 Å². The highest BCUT2D eigenvalue weighted by atomic mass is 32.2. The third kappa shape index (κ3) is 4.16. The van der Waals surface area contributed by atoms with Gasteiger partial charge in [-0.2, -0.15) is 11.8 Å². The van der Waals surface area contributed by atoms with Gasteiger partial charge in [0.15, 0.2) is 0 Å². The molecule has 2 rings (SSSR count). The molecule has 0 unspecified atom stereocenters. The van der Waals surface area contributed by atoms with Gasteiger partial charge in [-0.1, -0.05) is 13.3 Å². The van der Waals surface area contributed by atoms with Crippen molar-refractivity contribution in [2.24, 2.45) is 5.92 Å². The van der Waals surface area contributed by atoms with Gasteiger partial charge in [0.1, 0.15) is 0 Å². The summed E-state index contributed by atoms with van der Waals surface area (Å²) in [5.74, 6) is 1.50. The monoisotopic (exact) mass is 271 g/mol. The molecule has 3 atom stereocenters. The van der Waals surface area contributed by atoms with E-state index in [1.165, 1.54) is 18.6 Å². The molecule has 1 saturated heterocycles. The van der Waals surface area contributed by atoms with Crippen LogP contribution in [0.4, 0.5) is 0 Å². The smallest absolute Gasteiger partial charge is 0.225 e. The van der Waals surface area contributed by atoms with Crippen LogP contribution in [0.2, 0.25) is 0 Å². The second-order valence-electron chi connectivity index (χ2n) is 5.36. The van der Waals surface area contributed by atoms with E-state index in [2.05, 4.69) is 12.2 Å². The highest BCUT2D eigenvalue weighted by Crippen LogP contribution is 2.28. The van der Waals surface area contributed by atoms with Gasteiger partial charge in [0, 0.05) is 17.9 Å². The normalized spacial score (nSPS) is 33.1. The molecule has 18 heavy (non-hydrogen) atoms. The number of hydrogen-bond donors (Lipinski definition) is 1. The van der Waals surface area contributed by atoms with Crippen molar-refractivity contribution in [3.63, 3.8) is 0 Å². The average Bonchev–Trinajstić information content (AvgIpc) is 2.40. The molecule has 3 nitrogen and oxygen atoms in total. The minimum atomic E-state index is 0.0953. The molecule has 0 aromatic carbocycles. The highest BCUT2D eigenvalue weighted by molar-refractivity contribution is 7.99. The summed E-state index contributed by atoms with van der Waals surface area (Å²) in [5.41, 5.74) is 0. The number of rotatable bonds is 4. The molecule has 1 aliphatic heterocycles. The molecular weight excluding hydrogens is 246 g/mol. The maximum absolute atomic E-state index is 12.1. The third-order valence-electron chi connectivity index (χ3n) is 3.91. The SMILES string of the molecule is CCS[C@@H]1CCC[C@H](NC(=O)[C@H]2CCCOC2)C1. The Morgan fingerprint density at radius 3 is 2.94 bits per heavy atom. The van der Waals surface area contributed by atoms with Crippen molar-refractivity contribution in [2.45, 2.75) is 56.7 Å². The second kappa shape index (κ2) is 7.39. The summed E-state index contributed by atoms with van der Waals surface area (Å²) in [6, 6.07) is 0.400. The fourth-order valence-corrected chi connectivity index (χ4v) is 4.10. The fourth-order valence-electron chi connectivity index (χ4n) is 2.93. The molecule has 1 amide bonds. The summed E-state index contributed by atoms with van der Waals surface area (Å²) in [7, 11) is 0. The van der Waals surface area contributed by atoms with E-state index in [1.807, 2.05) is 11.8 Å². The maximum atomic E-state index is 12.1. The van der Waals surface area contributed by atoms with Crippen molar-refractivity contribution in [1.82, 2.24) is 5.32 Å². The Kier molecular flexibility index (Phi) is 5.83. The van der Waals surface area contributed by atoms with Gasteiger partial charge in [-0.3, -0.25) is 4.79 Å². The minimum Gasteiger partial charge on any atom is -0.381 e. The molecule has 0 bridgehead atoms. The molecule has 104 valence electrons. The van der Waals surface area contributed by atoms with E-state index in [4.69, 9.17) is 4.74 Å². The molecule has 0 radical (unpaired) electrons. The van der Waals surface area contributed by atoms with E-state index in [-0.39, 0.29) is 11.8 Å². The quantitative estimate of drug-likeness (QED) is 0.854. The Morgan fingerprint density at radius 1 is 1.33 bits per heavy atom. The van der Waals surface area contributed by atoms with Gasteiger partial charge in [-0.15, -0.1) is 0 Å². The first-order chi connectivity index (χ1) is 8.79. The maximum Gasteiger partial charge on any atom is 0.225 e. The summed E-state index contributed by atoms with van der Waals surface area (Å²) in [4.78, 5) is 12.1. The van der Waals surface area contributed by atoms with Crippen LogP contribution in [-0.2, 0) is 9.53 Å². The molecule has 0 aromatic heterocycles. The summed E-state index contributed by atoms with van der Waals surface area (Å²) in [6.45, 7) is 3.65. The zero-order valence-electron chi connectivity index (χ0n) is 11.3. The van der Waals surface area contributed by atoms with Gasteiger partial charge in [0.25, 0.3) is 0 Å². The Balaban J connectivity index is 1.75. The zero-order valence-corrected chi connectivity index (χ0v) is 12.1. The molecule has 4 heteroatoms. The molecule has 1 saturated carbocycles. The predicted octanol–water partition coefficient (Wildman–Crippen LogP) is 2.59. The van der Waals surface area contributed by atoms with Crippen LogP contribution in [-0.4, -0.2) is 36.2 Å². The fraction of sp³-hybridized carbons (Fsp3) is 0.929. The number of carbonyl (C=O) groups excluding carboxylic acids is 1. The topological polar surface area (TPSA) is 38.3 Å². The van der Waals surface area contributed by atoms with Crippen LogP contribution in [0, 0.1) is 5.92 Å². The first-order valence-electron chi connectivity index (χ1n) is 7.29. The molecular formula is C14H25NO2S. The minimum absolute atomic E-state index is 0.0953. The van der Waals surface area contributed by atoms with E-state index in [1.54, 1.807) is 0 Å². The number of amides is 1. The molecule has 2 aliphatic rings. The highest BCUT2D eigenvalue weighted by Gasteiger charge is 2.27. The van der Waals surface area contributed by atoms with Gasteiger partial charge < -0.3 is 10.1 Å². The van der Waals surface area contributed by atoms with Gasteiger partial charge in [0.05, 0.1) is 12.5 Å². The summed E-state index contributed by atoms with van der Waals surface area (Å²) in [6.07, 6.45) is 6.89. The molecule has 1 aliphatic carbocycles. The van der Waals surface area contributed by atoms with Crippen molar-refractivity contribution in [2.75, 3.05) is 19.0 Å². The van der Waals surface area contributed by atoms with Crippen LogP contribution in [0.25, 0.3) is 0 Å². The number of carbonyl (C=O) groups is 1. The number of hydrogen-bond acceptors (Lipinski definition) is 3. The third-order valence-corrected chi connectivity index (χ3v) is 5.14. The summed E-state index contributed by atoms with van der Waals surface area (Å²) < 4.78 is 5.39. The van der Waals surface area contributed by atoms with E-state index in [0.717, 1.165) is 37.5 Å². The van der Waals surface area contributed by atoms with Crippen LogP contribution in [0.1, 0.15) is 45.4 Å². The predicted molar refractivity (Wildman–Crippen MR) is 75.9 cm³/mol. The number of thioether (sulfide) groups is 1. The zero-order chi connectivity index (χ0) is 12.8. The first kappa shape index (κ1) is 14.2. The number of ether oxygens (including phenoxy) is 1. The van der Waals surface area contributed by atoms with Gasteiger partial charge in [0.2, 0.25) is 5.91 Å². The van der Waals surface area contributed by atoms with Gasteiger partial charge in [-0.25, -0.2) is 0 Å². The van der Waals surface area contributed by atoms with Crippen LogP contribution in [0.15, 0.2) is 0 Å². The largest absolute Gasteiger partial charge is 0.381 e.